The van der Waals surface area contributed by atoms with Gasteiger partial charge in [0.1, 0.15) is 6.04 Å². The fourth-order valence-corrected chi connectivity index (χ4v) is 4.16. The van der Waals surface area contributed by atoms with Crippen molar-refractivity contribution in [2.75, 3.05) is 5.75 Å². The fourth-order valence-electron chi connectivity index (χ4n) is 3.10. The number of hydrogen-bond donors (Lipinski definition) is 1. The average Bonchev–Trinajstić information content (AvgIpc) is 2.68. The molecule has 0 aliphatic rings. The third kappa shape index (κ3) is 7.69. The first kappa shape index (κ1) is 24.3. The van der Waals surface area contributed by atoms with Gasteiger partial charge in [-0.1, -0.05) is 54.9 Å². The minimum Gasteiger partial charge on any atom is -0.350 e. The smallest absolute Gasteiger partial charge is 0.243 e. The first-order valence-corrected chi connectivity index (χ1v) is 11.6. The van der Waals surface area contributed by atoms with E-state index in [9.17, 15) is 9.59 Å². The molecular formula is C24H31ClN2O2S. The van der Waals surface area contributed by atoms with Gasteiger partial charge in [0.25, 0.3) is 0 Å². The van der Waals surface area contributed by atoms with Crippen LogP contribution in [0.2, 0.25) is 5.02 Å². The highest BCUT2D eigenvalue weighted by Crippen LogP contribution is 2.22. The Kier molecular flexibility index (Phi) is 9.25. The highest BCUT2D eigenvalue weighted by Gasteiger charge is 2.30. The monoisotopic (exact) mass is 446 g/mol. The van der Waals surface area contributed by atoms with Crippen LogP contribution in [0.1, 0.15) is 46.1 Å². The lowest BCUT2D eigenvalue weighted by Crippen LogP contribution is -2.53. The number of benzene rings is 2. The summed E-state index contributed by atoms with van der Waals surface area (Å²) >= 11 is 7.99. The van der Waals surface area contributed by atoms with E-state index in [4.69, 9.17) is 11.6 Å². The highest BCUT2D eigenvalue weighted by atomic mass is 35.5. The number of halogens is 1. The van der Waals surface area contributed by atoms with E-state index in [-0.39, 0.29) is 17.4 Å². The SMILES string of the molecule is CCC(C(=O)NC(C)(C)C)N(Cc1ccccc1Cl)C(=O)CCSc1ccccc1. The Morgan fingerprint density at radius 3 is 2.30 bits per heavy atom. The summed E-state index contributed by atoms with van der Waals surface area (Å²) in [5.74, 6) is 0.467. The number of nitrogens with zero attached hydrogens (tertiary/aromatic N) is 1. The summed E-state index contributed by atoms with van der Waals surface area (Å²) in [6, 6.07) is 16.9. The molecule has 30 heavy (non-hydrogen) atoms. The summed E-state index contributed by atoms with van der Waals surface area (Å²) in [4.78, 5) is 29.0. The van der Waals surface area contributed by atoms with Crippen molar-refractivity contribution in [1.82, 2.24) is 10.2 Å². The van der Waals surface area contributed by atoms with Crippen LogP contribution in [0, 0.1) is 0 Å². The van der Waals surface area contributed by atoms with Crippen molar-refractivity contribution in [3.8, 4) is 0 Å². The fraction of sp³-hybridized carbons (Fsp3) is 0.417. The molecule has 0 fully saturated rings. The van der Waals surface area contributed by atoms with E-state index in [1.165, 1.54) is 0 Å². The van der Waals surface area contributed by atoms with Crippen LogP contribution in [0.15, 0.2) is 59.5 Å². The Balaban J connectivity index is 2.17. The molecule has 2 aromatic rings. The van der Waals surface area contributed by atoms with Crippen molar-refractivity contribution in [2.24, 2.45) is 0 Å². The Labute approximate surface area is 189 Å². The second-order valence-corrected chi connectivity index (χ2v) is 9.76. The maximum Gasteiger partial charge on any atom is 0.243 e. The highest BCUT2D eigenvalue weighted by molar-refractivity contribution is 7.99. The molecule has 0 aromatic heterocycles. The number of carbonyl (C=O) groups is 2. The quantitative estimate of drug-likeness (QED) is 0.514. The molecule has 4 nitrogen and oxygen atoms in total. The Hall–Kier alpha value is -1.98. The Morgan fingerprint density at radius 1 is 1.07 bits per heavy atom. The van der Waals surface area contributed by atoms with E-state index in [0.717, 1.165) is 10.5 Å². The van der Waals surface area contributed by atoms with Crippen molar-refractivity contribution in [3.63, 3.8) is 0 Å². The molecule has 0 radical (unpaired) electrons. The van der Waals surface area contributed by atoms with Gasteiger partial charge >= 0.3 is 0 Å². The van der Waals surface area contributed by atoms with Gasteiger partial charge < -0.3 is 10.2 Å². The van der Waals surface area contributed by atoms with Crippen molar-refractivity contribution in [3.05, 3.63) is 65.2 Å². The number of amides is 2. The zero-order valence-electron chi connectivity index (χ0n) is 18.2. The topological polar surface area (TPSA) is 49.4 Å². The van der Waals surface area contributed by atoms with E-state index < -0.39 is 6.04 Å². The van der Waals surface area contributed by atoms with Crippen molar-refractivity contribution >= 4 is 35.2 Å². The van der Waals surface area contributed by atoms with Crippen LogP contribution in [-0.2, 0) is 16.1 Å². The van der Waals surface area contributed by atoms with E-state index >= 15 is 0 Å². The van der Waals surface area contributed by atoms with Gasteiger partial charge in [0.2, 0.25) is 11.8 Å². The van der Waals surface area contributed by atoms with Crippen molar-refractivity contribution < 1.29 is 9.59 Å². The largest absolute Gasteiger partial charge is 0.350 e. The lowest BCUT2D eigenvalue weighted by Gasteiger charge is -2.33. The molecule has 0 aliphatic carbocycles. The first-order chi connectivity index (χ1) is 14.2. The molecule has 6 heteroatoms. The van der Waals surface area contributed by atoms with Gasteiger partial charge in [-0.2, -0.15) is 0 Å². The van der Waals surface area contributed by atoms with E-state index in [1.54, 1.807) is 22.7 Å². The minimum absolute atomic E-state index is 0.0470. The molecule has 2 aromatic carbocycles. The summed E-state index contributed by atoms with van der Waals surface area (Å²) in [5.41, 5.74) is 0.470. The zero-order chi connectivity index (χ0) is 22.1. The summed E-state index contributed by atoms with van der Waals surface area (Å²) in [6.45, 7) is 8.06. The van der Waals surface area contributed by atoms with Crippen LogP contribution in [-0.4, -0.2) is 34.0 Å². The third-order valence-electron chi connectivity index (χ3n) is 4.51. The number of hydrogen-bond acceptors (Lipinski definition) is 3. The molecule has 0 saturated carbocycles. The van der Waals surface area contributed by atoms with Gasteiger partial charge in [-0.3, -0.25) is 9.59 Å². The Morgan fingerprint density at radius 2 is 1.70 bits per heavy atom. The minimum atomic E-state index is -0.547. The molecular weight excluding hydrogens is 416 g/mol. The number of nitrogens with one attached hydrogen (secondary N) is 1. The van der Waals surface area contributed by atoms with Gasteiger partial charge in [0, 0.05) is 34.2 Å². The zero-order valence-corrected chi connectivity index (χ0v) is 19.7. The average molecular weight is 447 g/mol. The molecule has 1 unspecified atom stereocenters. The van der Waals surface area contributed by atoms with Gasteiger partial charge in [0.05, 0.1) is 0 Å². The molecule has 1 N–H and O–H groups in total. The molecule has 162 valence electrons. The summed E-state index contributed by atoms with van der Waals surface area (Å²) in [7, 11) is 0. The second-order valence-electron chi connectivity index (χ2n) is 8.19. The number of thioether (sulfide) groups is 1. The van der Waals surface area contributed by atoms with Crippen LogP contribution in [0.5, 0.6) is 0 Å². The molecule has 0 saturated heterocycles. The van der Waals surface area contributed by atoms with E-state index in [1.807, 2.05) is 76.2 Å². The molecule has 2 rings (SSSR count). The predicted octanol–water partition coefficient (Wildman–Crippen LogP) is 5.54. The normalized spacial score (nSPS) is 12.3. The molecule has 0 bridgehead atoms. The molecule has 0 aliphatic heterocycles. The van der Waals surface area contributed by atoms with Gasteiger partial charge in [-0.05, 0) is 51.0 Å². The van der Waals surface area contributed by atoms with Crippen LogP contribution in [0.4, 0.5) is 0 Å². The van der Waals surface area contributed by atoms with Gasteiger partial charge in [-0.25, -0.2) is 0 Å². The van der Waals surface area contributed by atoms with Crippen LogP contribution < -0.4 is 5.32 Å². The lowest BCUT2D eigenvalue weighted by atomic mass is 10.1. The molecule has 0 spiro atoms. The standard InChI is InChI=1S/C24H31ClN2O2S/c1-5-21(23(29)26-24(2,3)4)27(17-18-11-9-10-14-20(18)25)22(28)15-16-30-19-12-7-6-8-13-19/h6-14,21H,5,15-17H2,1-4H3,(H,26,29). The second kappa shape index (κ2) is 11.4. The summed E-state index contributed by atoms with van der Waals surface area (Å²) in [5, 5.41) is 3.61. The molecule has 2 amide bonds. The number of rotatable bonds is 9. The van der Waals surface area contributed by atoms with Crippen molar-refractivity contribution in [1.29, 1.82) is 0 Å². The van der Waals surface area contributed by atoms with E-state index in [2.05, 4.69) is 5.32 Å². The van der Waals surface area contributed by atoms with Crippen LogP contribution in [0.3, 0.4) is 0 Å². The summed E-state index contributed by atoms with van der Waals surface area (Å²) in [6.07, 6.45) is 0.882. The van der Waals surface area contributed by atoms with Crippen LogP contribution >= 0.6 is 23.4 Å². The van der Waals surface area contributed by atoms with Crippen molar-refractivity contribution in [2.45, 2.75) is 63.6 Å². The summed E-state index contributed by atoms with van der Waals surface area (Å²) < 4.78 is 0. The third-order valence-corrected chi connectivity index (χ3v) is 5.89. The Bertz CT molecular complexity index is 837. The number of carbonyl (C=O) groups excluding carboxylic acids is 2. The maximum absolute atomic E-state index is 13.2. The van der Waals surface area contributed by atoms with E-state index in [0.29, 0.717) is 30.2 Å². The molecule has 0 heterocycles. The predicted molar refractivity (Wildman–Crippen MR) is 126 cm³/mol. The lowest BCUT2D eigenvalue weighted by molar-refractivity contribution is -0.141. The van der Waals surface area contributed by atoms with Gasteiger partial charge in [0.15, 0.2) is 0 Å². The van der Waals surface area contributed by atoms with Crippen LogP contribution in [0.25, 0.3) is 0 Å². The van der Waals surface area contributed by atoms with Gasteiger partial charge in [-0.15, -0.1) is 11.8 Å². The molecule has 1 atom stereocenters. The first-order valence-electron chi connectivity index (χ1n) is 10.2. The maximum atomic E-state index is 13.2.